The van der Waals surface area contributed by atoms with E-state index in [4.69, 9.17) is 23.7 Å². The highest BCUT2D eigenvalue weighted by Crippen LogP contribution is 2.52. The lowest BCUT2D eigenvalue weighted by Crippen LogP contribution is -2.07. The lowest BCUT2D eigenvalue weighted by Gasteiger charge is -2.17. The molecule has 0 fully saturated rings. The SMILES string of the molecule is CC(C)Oc1ccc2c(c1-c1cccc3c1OCO3)OCO2. The summed E-state index contributed by atoms with van der Waals surface area (Å²) < 4.78 is 28.2. The summed E-state index contributed by atoms with van der Waals surface area (Å²) in [6, 6.07) is 9.55. The Morgan fingerprint density at radius 2 is 1.59 bits per heavy atom. The van der Waals surface area contributed by atoms with Gasteiger partial charge in [0, 0.05) is 5.56 Å². The summed E-state index contributed by atoms with van der Waals surface area (Å²) in [6.45, 7) is 4.41. The Labute approximate surface area is 128 Å². The first-order valence-electron chi connectivity index (χ1n) is 7.22. The van der Waals surface area contributed by atoms with Gasteiger partial charge < -0.3 is 23.7 Å². The number of ether oxygens (including phenoxy) is 5. The summed E-state index contributed by atoms with van der Waals surface area (Å²) in [5, 5.41) is 0. The largest absolute Gasteiger partial charge is 0.490 e. The highest BCUT2D eigenvalue weighted by atomic mass is 16.7. The van der Waals surface area contributed by atoms with Crippen LogP contribution in [0.5, 0.6) is 28.7 Å². The predicted molar refractivity (Wildman–Crippen MR) is 79.9 cm³/mol. The van der Waals surface area contributed by atoms with Crippen LogP contribution in [0.3, 0.4) is 0 Å². The normalized spacial score (nSPS) is 14.5. The van der Waals surface area contributed by atoms with Crippen molar-refractivity contribution < 1.29 is 23.7 Å². The van der Waals surface area contributed by atoms with Gasteiger partial charge in [-0.05, 0) is 32.0 Å². The van der Waals surface area contributed by atoms with Gasteiger partial charge in [-0.3, -0.25) is 0 Å². The summed E-state index contributed by atoms with van der Waals surface area (Å²) in [7, 11) is 0. The van der Waals surface area contributed by atoms with Gasteiger partial charge in [-0.1, -0.05) is 12.1 Å². The van der Waals surface area contributed by atoms with Gasteiger partial charge in [-0.25, -0.2) is 0 Å². The molecule has 2 heterocycles. The van der Waals surface area contributed by atoms with Crippen LogP contribution in [0.15, 0.2) is 30.3 Å². The molecule has 0 amide bonds. The van der Waals surface area contributed by atoms with Gasteiger partial charge in [0.1, 0.15) is 5.75 Å². The minimum atomic E-state index is 0.0491. The molecule has 4 rings (SSSR count). The number of rotatable bonds is 3. The van der Waals surface area contributed by atoms with Crippen LogP contribution in [0.1, 0.15) is 13.8 Å². The molecule has 114 valence electrons. The van der Waals surface area contributed by atoms with Gasteiger partial charge in [0.15, 0.2) is 23.0 Å². The van der Waals surface area contributed by atoms with E-state index in [-0.39, 0.29) is 19.7 Å². The van der Waals surface area contributed by atoms with E-state index in [0.717, 1.165) is 22.6 Å². The van der Waals surface area contributed by atoms with Crippen molar-refractivity contribution >= 4 is 0 Å². The maximum atomic E-state index is 5.95. The van der Waals surface area contributed by atoms with Gasteiger partial charge in [-0.2, -0.15) is 0 Å². The molecule has 2 aliphatic heterocycles. The van der Waals surface area contributed by atoms with E-state index in [1.54, 1.807) is 0 Å². The number of para-hydroxylation sites is 1. The molecule has 0 spiro atoms. The van der Waals surface area contributed by atoms with Gasteiger partial charge in [0.05, 0.1) is 11.7 Å². The molecule has 2 aliphatic rings. The number of fused-ring (bicyclic) bond motifs is 2. The zero-order valence-corrected chi connectivity index (χ0v) is 12.4. The van der Waals surface area contributed by atoms with Gasteiger partial charge in [0.2, 0.25) is 13.6 Å². The average molecular weight is 300 g/mol. The Morgan fingerprint density at radius 3 is 2.36 bits per heavy atom. The fourth-order valence-corrected chi connectivity index (χ4v) is 2.69. The molecule has 0 atom stereocenters. The second-order valence-electron chi connectivity index (χ2n) is 5.38. The zero-order chi connectivity index (χ0) is 15.1. The maximum Gasteiger partial charge on any atom is 0.231 e. The van der Waals surface area contributed by atoms with Crippen LogP contribution >= 0.6 is 0 Å². The van der Waals surface area contributed by atoms with Crippen molar-refractivity contribution in [1.82, 2.24) is 0 Å². The Hall–Kier alpha value is -2.56. The first-order valence-corrected chi connectivity index (χ1v) is 7.22. The van der Waals surface area contributed by atoms with E-state index in [1.165, 1.54) is 0 Å². The van der Waals surface area contributed by atoms with Gasteiger partial charge >= 0.3 is 0 Å². The number of hydrogen-bond acceptors (Lipinski definition) is 5. The number of benzene rings is 2. The van der Waals surface area contributed by atoms with Crippen LogP contribution in [0.2, 0.25) is 0 Å². The summed E-state index contributed by atoms with van der Waals surface area (Å²) >= 11 is 0. The van der Waals surface area contributed by atoms with Crippen LogP contribution in [0.4, 0.5) is 0 Å². The smallest absolute Gasteiger partial charge is 0.231 e. The Bertz CT molecular complexity index is 723. The molecule has 22 heavy (non-hydrogen) atoms. The Morgan fingerprint density at radius 1 is 0.864 bits per heavy atom. The van der Waals surface area contributed by atoms with Gasteiger partial charge in [0.25, 0.3) is 0 Å². The third-order valence-corrected chi connectivity index (χ3v) is 3.53. The molecule has 0 aromatic heterocycles. The third kappa shape index (κ3) is 2.01. The fourth-order valence-electron chi connectivity index (χ4n) is 2.69. The van der Waals surface area contributed by atoms with Crippen molar-refractivity contribution in [1.29, 1.82) is 0 Å². The van der Waals surface area contributed by atoms with Crippen LogP contribution in [-0.2, 0) is 0 Å². The standard InChI is InChI=1S/C17H16O5/c1-10(2)22-12-6-7-14-17(21-9-19-14)15(12)11-4-3-5-13-16(11)20-8-18-13/h3-7,10H,8-9H2,1-2H3. The molecule has 0 saturated carbocycles. The van der Waals surface area contributed by atoms with Crippen molar-refractivity contribution in [3.05, 3.63) is 30.3 Å². The molecule has 0 aliphatic carbocycles. The first-order chi connectivity index (χ1) is 10.7. The fraction of sp³-hybridized carbons (Fsp3) is 0.294. The number of hydrogen-bond donors (Lipinski definition) is 0. The topological polar surface area (TPSA) is 46.2 Å². The van der Waals surface area contributed by atoms with Crippen molar-refractivity contribution in [3.63, 3.8) is 0 Å². The molecule has 2 aromatic rings. The van der Waals surface area contributed by atoms with Crippen LogP contribution in [-0.4, -0.2) is 19.7 Å². The van der Waals surface area contributed by atoms with Crippen LogP contribution < -0.4 is 23.7 Å². The summed E-state index contributed by atoms with van der Waals surface area (Å²) in [6.07, 6.45) is 0.0491. The molecule has 0 saturated heterocycles. The molecular formula is C17H16O5. The Kier molecular flexibility index (Phi) is 2.99. The summed E-state index contributed by atoms with van der Waals surface area (Å²) in [5.41, 5.74) is 1.72. The van der Waals surface area contributed by atoms with E-state index in [1.807, 2.05) is 44.2 Å². The zero-order valence-electron chi connectivity index (χ0n) is 12.4. The van der Waals surface area contributed by atoms with Crippen LogP contribution in [0, 0.1) is 0 Å². The minimum absolute atomic E-state index is 0.0491. The molecule has 0 radical (unpaired) electrons. The van der Waals surface area contributed by atoms with Crippen molar-refractivity contribution in [2.75, 3.05) is 13.6 Å². The average Bonchev–Trinajstić information content (AvgIpc) is 3.14. The monoisotopic (exact) mass is 300 g/mol. The highest BCUT2D eigenvalue weighted by Gasteiger charge is 2.28. The maximum absolute atomic E-state index is 5.95. The predicted octanol–water partition coefficient (Wildman–Crippen LogP) is 3.60. The van der Waals surface area contributed by atoms with E-state index in [0.29, 0.717) is 17.2 Å². The lowest BCUT2D eigenvalue weighted by molar-refractivity contribution is 0.172. The highest BCUT2D eigenvalue weighted by molar-refractivity contribution is 5.85. The third-order valence-electron chi connectivity index (χ3n) is 3.53. The quantitative estimate of drug-likeness (QED) is 0.866. The molecule has 2 aromatic carbocycles. The van der Waals surface area contributed by atoms with E-state index in [2.05, 4.69) is 0 Å². The van der Waals surface area contributed by atoms with Crippen LogP contribution in [0.25, 0.3) is 11.1 Å². The molecular weight excluding hydrogens is 284 g/mol. The minimum Gasteiger partial charge on any atom is -0.490 e. The second-order valence-corrected chi connectivity index (χ2v) is 5.38. The van der Waals surface area contributed by atoms with Crippen molar-refractivity contribution in [3.8, 4) is 39.9 Å². The Balaban J connectivity index is 1.94. The van der Waals surface area contributed by atoms with Gasteiger partial charge in [-0.15, -0.1) is 0 Å². The molecule has 5 nitrogen and oxygen atoms in total. The van der Waals surface area contributed by atoms with E-state index in [9.17, 15) is 0 Å². The van der Waals surface area contributed by atoms with Crippen molar-refractivity contribution in [2.45, 2.75) is 20.0 Å². The molecule has 0 N–H and O–H groups in total. The summed E-state index contributed by atoms with van der Waals surface area (Å²) in [5.74, 6) is 3.57. The first kappa shape index (κ1) is 13.1. The van der Waals surface area contributed by atoms with E-state index >= 15 is 0 Å². The second kappa shape index (κ2) is 5.02. The molecule has 5 heteroatoms. The molecule has 0 bridgehead atoms. The van der Waals surface area contributed by atoms with E-state index < -0.39 is 0 Å². The van der Waals surface area contributed by atoms with Crippen molar-refractivity contribution in [2.24, 2.45) is 0 Å². The summed E-state index contributed by atoms with van der Waals surface area (Å²) in [4.78, 5) is 0. The molecule has 0 unspecified atom stereocenters. The lowest BCUT2D eigenvalue weighted by atomic mass is 10.0.